The lowest BCUT2D eigenvalue weighted by atomic mass is 9.92. The van der Waals surface area contributed by atoms with Crippen molar-refractivity contribution in [1.82, 2.24) is 9.80 Å². The Bertz CT molecular complexity index is 660. The molecule has 1 aromatic carbocycles. The van der Waals surface area contributed by atoms with Gasteiger partial charge in [-0.1, -0.05) is 6.07 Å². The lowest BCUT2D eigenvalue weighted by Crippen LogP contribution is -2.39. The summed E-state index contributed by atoms with van der Waals surface area (Å²) in [6.45, 7) is 6.00. The van der Waals surface area contributed by atoms with Gasteiger partial charge in [0, 0.05) is 33.2 Å². The van der Waals surface area contributed by atoms with E-state index in [1.165, 1.54) is 0 Å². The number of hydrogen-bond acceptors (Lipinski definition) is 5. The standard InChI is InChI=1S/C20H30N2O5/c1-6-21(7-2)20(24)15-13-18(23)22(10-11-25-3)19(15)14-8-9-16(26-4)17(12-14)27-5/h8-9,12,15,19H,6-7,10-11,13H2,1-5H3/t15-,19+/m1/s1. The third-order valence-corrected chi connectivity index (χ3v) is 5.11. The second-order valence-electron chi connectivity index (χ2n) is 6.46. The molecule has 0 aromatic heterocycles. The SMILES string of the molecule is CCN(CC)C(=O)[C@@H]1CC(=O)N(CCOC)[C@H]1c1ccc(OC)c(OC)c1. The number of methoxy groups -OCH3 is 3. The van der Waals surface area contributed by atoms with Gasteiger partial charge < -0.3 is 24.0 Å². The van der Waals surface area contributed by atoms with Crippen molar-refractivity contribution < 1.29 is 23.8 Å². The van der Waals surface area contributed by atoms with Gasteiger partial charge in [0.1, 0.15) is 0 Å². The van der Waals surface area contributed by atoms with Gasteiger partial charge in [0.2, 0.25) is 11.8 Å². The fraction of sp³-hybridized carbons (Fsp3) is 0.600. The van der Waals surface area contributed by atoms with Crippen molar-refractivity contribution in [2.45, 2.75) is 26.3 Å². The van der Waals surface area contributed by atoms with E-state index >= 15 is 0 Å². The highest BCUT2D eigenvalue weighted by molar-refractivity contribution is 5.90. The van der Waals surface area contributed by atoms with Gasteiger partial charge in [0.25, 0.3) is 0 Å². The van der Waals surface area contributed by atoms with Crippen LogP contribution in [-0.4, -0.2) is 69.2 Å². The minimum absolute atomic E-state index is 0.00746. The Morgan fingerprint density at radius 3 is 2.37 bits per heavy atom. The first-order valence-corrected chi connectivity index (χ1v) is 9.31. The minimum Gasteiger partial charge on any atom is -0.493 e. The Balaban J connectivity index is 2.45. The molecular weight excluding hydrogens is 348 g/mol. The average molecular weight is 378 g/mol. The third-order valence-electron chi connectivity index (χ3n) is 5.11. The van der Waals surface area contributed by atoms with Crippen molar-refractivity contribution in [2.24, 2.45) is 5.92 Å². The van der Waals surface area contributed by atoms with Crippen LogP contribution in [0.3, 0.4) is 0 Å². The zero-order chi connectivity index (χ0) is 20.0. The molecule has 0 aliphatic carbocycles. The maximum Gasteiger partial charge on any atom is 0.228 e. The highest BCUT2D eigenvalue weighted by Crippen LogP contribution is 2.41. The molecule has 1 aliphatic heterocycles. The van der Waals surface area contributed by atoms with Crippen LogP contribution < -0.4 is 9.47 Å². The van der Waals surface area contributed by atoms with Crippen molar-refractivity contribution in [3.63, 3.8) is 0 Å². The van der Waals surface area contributed by atoms with Gasteiger partial charge in [-0.3, -0.25) is 9.59 Å². The molecule has 1 saturated heterocycles. The average Bonchev–Trinajstić information content (AvgIpc) is 3.02. The highest BCUT2D eigenvalue weighted by atomic mass is 16.5. The quantitative estimate of drug-likeness (QED) is 0.658. The first-order chi connectivity index (χ1) is 13.0. The van der Waals surface area contributed by atoms with Gasteiger partial charge in [-0.25, -0.2) is 0 Å². The lowest BCUT2D eigenvalue weighted by Gasteiger charge is -2.31. The predicted molar refractivity (Wildman–Crippen MR) is 102 cm³/mol. The van der Waals surface area contributed by atoms with Crippen LogP contribution in [0, 0.1) is 5.92 Å². The lowest BCUT2D eigenvalue weighted by molar-refractivity contribution is -0.136. The second-order valence-corrected chi connectivity index (χ2v) is 6.46. The third kappa shape index (κ3) is 4.35. The number of likely N-dealkylation sites (tertiary alicyclic amines) is 1. The van der Waals surface area contributed by atoms with Crippen LogP contribution in [0.5, 0.6) is 11.5 Å². The Labute approximate surface area is 161 Å². The summed E-state index contributed by atoms with van der Waals surface area (Å²) in [5, 5.41) is 0. The molecule has 1 aromatic rings. The van der Waals surface area contributed by atoms with E-state index in [1.807, 2.05) is 32.0 Å². The number of carbonyl (C=O) groups is 2. The minimum atomic E-state index is -0.424. The number of amides is 2. The van der Waals surface area contributed by atoms with Crippen LogP contribution >= 0.6 is 0 Å². The number of benzene rings is 1. The van der Waals surface area contributed by atoms with Gasteiger partial charge in [-0.2, -0.15) is 0 Å². The number of nitrogens with zero attached hydrogens (tertiary/aromatic N) is 2. The zero-order valence-corrected chi connectivity index (χ0v) is 16.9. The molecule has 7 heteroatoms. The number of carbonyl (C=O) groups excluding carboxylic acids is 2. The summed E-state index contributed by atoms with van der Waals surface area (Å²) < 4.78 is 15.9. The second kappa shape index (κ2) is 9.60. The molecule has 27 heavy (non-hydrogen) atoms. The smallest absolute Gasteiger partial charge is 0.228 e. The maximum absolute atomic E-state index is 13.1. The normalized spacial score (nSPS) is 19.3. The molecule has 150 valence electrons. The van der Waals surface area contributed by atoms with Crippen molar-refractivity contribution >= 4 is 11.8 Å². The van der Waals surface area contributed by atoms with E-state index in [2.05, 4.69) is 0 Å². The largest absolute Gasteiger partial charge is 0.493 e. The molecule has 0 N–H and O–H groups in total. The Kier molecular flexibility index (Phi) is 7.47. The fourth-order valence-corrected chi connectivity index (χ4v) is 3.68. The molecule has 0 radical (unpaired) electrons. The molecule has 1 fully saturated rings. The zero-order valence-electron chi connectivity index (χ0n) is 16.9. The van der Waals surface area contributed by atoms with Crippen LogP contribution in [0.4, 0.5) is 0 Å². The van der Waals surface area contributed by atoms with E-state index in [0.717, 1.165) is 5.56 Å². The predicted octanol–water partition coefficient (Wildman–Crippen LogP) is 2.11. The summed E-state index contributed by atoms with van der Waals surface area (Å²) in [6, 6.07) is 5.21. The van der Waals surface area contributed by atoms with Crippen molar-refractivity contribution in [3.8, 4) is 11.5 Å². The van der Waals surface area contributed by atoms with E-state index in [9.17, 15) is 9.59 Å². The summed E-state index contributed by atoms with van der Waals surface area (Å²) in [5.41, 5.74) is 0.861. The number of rotatable bonds is 9. The molecule has 7 nitrogen and oxygen atoms in total. The Hall–Kier alpha value is -2.28. The fourth-order valence-electron chi connectivity index (χ4n) is 3.68. The van der Waals surface area contributed by atoms with Gasteiger partial charge in [-0.15, -0.1) is 0 Å². The number of ether oxygens (including phenoxy) is 3. The van der Waals surface area contributed by atoms with Gasteiger partial charge in [-0.05, 0) is 31.5 Å². The molecule has 0 bridgehead atoms. The summed E-state index contributed by atoms with van der Waals surface area (Å²) in [7, 11) is 4.75. The number of hydrogen-bond donors (Lipinski definition) is 0. The van der Waals surface area contributed by atoms with E-state index in [0.29, 0.717) is 37.7 Å². The van der Waals surface area contributed by atoms with Crippen LogP contribution in [0.1, 0.15) is 31.9 Å². The summed E-state index contributed by atoms with van der Waals surface area (Å²) in [5.74, 6) is 0.744. The monoisotopic (exact) mass is 378 g/mol. The Morgan fingerprint density at radius 1 is 1.15 bits per heavy atom. The topological polar surface area (TPSA) is 68.3 Å². The molecule has 2 amide bonds. The molecule has 1 aliphatic rings. The van der Waals surface area contributed by atoms with Crippen molar-refractivity contribution in [3.05, 3.63) is 23.8 Å². The van der Waals surface area contributed by atoms with E-state index in [1.54, 1.807) is 31.1 Å². The van der Waals surface area contributed by atoms with Gasteiger partial charge in [0.05, 0.1) is 32.8 Å². The van der Waals surface area contributed by atoms with Crippen LogP contribution in [0.25, 0.3) is 0 Å². The van der Waals surface area contributed by atoms with Gasteiger partial charge >= 0.3 is 0 Å². The van der Waals surface area contributed by atoms with Crippen molar-refractivity contribution in [2.75, 3.05) is 47.6 Å². The summed E-state index contributed by atoms with van der Waals surface area (Å²) in [4.78, 5) is 29.3. The van der Waals surface area contributed by atoms with Crippen LogP contribution in [0.15, 0.2) is 18.2 Å². The van der Waals surface area contributed by atoms with E-state index in [-0.39, 0.29) is 24.3 Å². The molecule has 2 atom stereocenters. The summed E-state index contributed by atoms with van der Waals surface area (Å²) >= 11 is 0. The summed E-state index contributed by atoms with van der Waals surface area (Å²) in [6.07, 6.45) is 0.206. The van der Waals surface area contributed by atoms with E-state index in [4.69, 9.17) is 14.2 Å². The molecule has 0 saturated carbocycles. The molecule has 0 spiro atoms. The molecular formula is C20H30N2O5. The first kappa shape index (κ1) is 21.0. The van der Waals surface area contributed by atoms with Crippen molar-refractivity contribution in [1.29, 1.82) is 0 Å². The molecule has 1 heterocycles. The van der Waals surface area contributed by atoms with Crippen LogP contribution in [-0.2, 0) is 14.3 Å². The first-order valence-electron chi connectivity index (χ1n) is 9.31. The van der Waals surface area contributed by atoms with Crippen LogP contribution in [0.2, 0.25) is 0 Å². The molecule has 2 rings (SSSR count). The Morgan fingerprint density at radius 2 is 1.81 bits per heavy atom. The maximum atomic E-state index is 13.1. The van der Waals surface area contributed by atoms with Gasteiger partial charge in [0.15, 0.2) is 11.5 Å². The van der Waals surface area contributed by atoms with E-state index < -0.39 is 5.92 Å². The highest BCUT2D eigenvalue weighted by Gasteiger charge is 2.45. The molecule has 0 unspecified atom stereocenters.